The Labute approximate surface area is 152 Å². The van der Waals surface area contributed by atoms with Crippen molar-refractivity contribution in [2.24, 2.45) is 0 Å². The third-order valence-electron chi connectivity index (χ3n) is 4.53. The van der Waals surface area contributed by atoms with E-state index in [1.165, 1.54) is 0 Å². The lowest BCUT2D eigenvalue weighted by Crippen LogP contribution is -2.33. The molecule has 26 heavy (non-hydrogen) atoms. The van der Waals surface area contributed by atoms with Crippen molar-refractivity contribution >= 4 is 5.91 Å². The third-order valence-corrected chi connectivity index (χ3v) is 4.53. The number of para-hydroxylation sites is 1. The van der Waals surface area contributed by atoms with Gasteiger partial charge in [0.1, 0.15) is 5.69 Å². The number of benzene rings is 2. The van der Waals surface area contributed by atoms with E-state index >= 15 is 0 Å². The Bertz CT molecular complexity index is 869. The first-order valence-corrected chi connectivity index (χ1v) is 8.92. The highest BCUT2D eigenvalue weighted by atomic mass is 16.5. The number of carbonyl (C=O) groups is 1. The van der Waals surface area contributed by atoms with E-state index < -0.39 is 0 Å². The summed E-state index contributed by atoms with van der Waals surface area (Å²) in [6, 6.07) is 21.4. The number of hydrogen-bond acceptors (Lipinski definition) is 3. The van der Waals surface area contributed by atoms with E-state index in [0.29, 0.717) is 12.2 Å². The van der Waals surface area contributed by atoms with E-state index in [4.69, 9.17) is 4.74 Å². The van der Waals surface area contributed by atoms with Crippen LogP contribution in [0.5, 0.6) is 0 Å². The zero-order valence-electron chi connectivity index (χ0n) is 14.5. The van der Waals surface area contributed by atoms with E-state index in [9.17, 15) is 4.79 Å². The van der Waals surface area contributed by atoms with Crippen LogP contribution in [0, 0.1) is 0 Å². The number of hydrogen-bond donors (Lipinski definition) is 1. The number of rotatable bonds is 5. The molecule has 1 aliphatic rings. The van der Waals surface area contributed by atoms with Crippen LogP contribution in [0.2, 0.25) is 0 Å². The van der Waals surface area contributed by atoms with Gasteiger partial charge in [0.2, 0.25) is 0 Å². The summed E-state index contributed by atoms with van der Waals surface area (Å²) >= 11 is 0. The summed E-state index contributed by atoms with van der Waals surface area (Å²) in [6.07, 6.45) is 2.16. The Balaban J connectivity index is 1.65. The number of amides is 1. The van der Waals surface area contributed by atoms with Gasteiger partial charge in [-0.25, -0.2) is 4.68 Å². The molecule has 2 aromatic carbocycles. The van der Waals surface area contributed by atoms with Crippen LogP contribution < -0.4 is 5.32 Å². The SMILES string of the molecule is O=C(NC[C@H]1CCCO1)c1cc(-c2ccccc2)nn1-c1ccccc1. The largest absolute Gasteiger partial charge is 0.376 e. The van der Waals surface area contributed by atoms with Gasteiger partial charge in [-0.1, -0.05) is 48.5 Å². The molecular weight excluding hydrogens is 326 g/mol. The van der Waals surface area contributed by atoms with Crippen LogP contribution in [0.4, 0.5) is 0 Å². The first-order chi connectivity index (χ1) is 12.8. The number of aromatic nitrogens is 2. The smallest absolute Gasteiger partial charge is 0.270 e. The van der Waals surface area contributed by atoms with Gasteiger partial charge in [0.05, 0.1) is 17.5 Å². The summed E-state index contributed by atoms with van der Waals surface area (Å²) in [7, 11) is 0. The molecule has 5 heteroatoms. The van der Waals surface area contributed by atoms with Gasteiger partial charge >= 0.3 is 0 Å². The third kappa shape index (κ3) is 3.53. The van der Waals surface area contributed by atoms with Crippen LogP contribution in [0.1, 0.15) is 23.3 Å². The van der Waals surface area contributed by atoms with Gasteiger partial charge in [-0.15, -0.1) is 0 Å². The summed E-state index contributed by atoms with van der Waals surface area (Å²) in [5.41, 5.74) is 3.14. The van der Waals surface area contributed by atoms with Crippen molar-refractivity contribution in [2.45, 2.75) is 18.9 Å². The summed E-state index contributed by atoms with van der Waals surface area (Å²) in [5, 5.41) is 7.67. The minimum Gasteiger partial charge on any atom is -0.376 e. The highest BCUT2D eigenvalue weighted by molar-refractivity contribution is 5.94. The van der Waals surface area contributed by atoms with Crippen molar-refractivity contribution in [2.75, 3.05) is 13.2 Å². The monoisotopic (exact) mass is 347 g/mol. The average molecular weight is 347 g/mol. The lowest BCUT2D eigenvalue weighted by atomic mass is 10.1. The molecule has 0 aliphatic carbocycles. The van der Waals surface area contributed by atoms with E-state index in [0.717, 1.165) is 36.4 Å². The molecule has 1 fully saturated rings. The van der Waals surface area contributed by atoms with Crippen molar-refractivity contribution in [3.63, 3.8) is 0 Å². The van der Waals surface area contributed by atoms with Crippen LogP contribution in [0.15, 0.2) is 66.7 Å². The summed E-state index contributed by atoms with van der Waals surface area (Å²) in [5.74, 6) is -0.140. The van der Waals surface area contributed by atoms with Crippen LogP contribution in [-0.2, 0) is 4.74 Å². The van der Waals surface area contributed by atoms with Gasteiger partial charge in [-0.05, 0) is 31.0 Å². The minimum absolute atomic E-state index is 0.112. The molecule has 0 unspecified atom stereocenters. The zero-order chi connectivity index (χ0) is 17.8. The summed E-state index contributed by atoms with van der Waals surface area (Å²) < 4.78 is 7.29. The Hall–Kier alpha value is -2.92. The highest BCUT2D eigenvalue weighted by Crippen LogP contribution is 2.21. The number of ether oxygens (including phenoxy) is 1. The van der Waals surface area contributed by atoms with E-state index in [1.54, 1.807) is 4.68 Å². The molecule has 1 amide bonds. The van der Waals surface area contributed by atoms with Gasteiger partial charge < -0.3 is 10.1 Å². The Kier molecular flexibility index (Phi) is 4.80. The predicted molar refractivity (Wildman–Crippen MR) is 100 cm³/mol. The van der Waals surface area contributed by atoms with Crippen molar-refractivity contribution in [1.82, 2.24) is 15.1 Å². The van der Waals surface area contributed by atoms with Crippen molar-refractivity contribution in [3.05, 3.63) is 72.4 Å². The first-order valence-electron chi connectivity index (χ1n) is 8.92. The second-order valence-electron chi connectivity index (χ2n) is 6.37. The quantitative estimate of drug-likeness (QED) is 0.769. The van der Waals surface area contributed by atoms with Gasteiger partial charge in [0.15, 0.2) is 0 Å². The fourth-order valence-corrected chi connectivity index (χ4v) is 3.16. The molecule has 0 bridgehead atoms. The van der Waals surface area contributed by atoms with Crippen LogP contribution in [0.25, 0.3) is 16.9 Å². The fraction of sp³-hybridized carbons (Fsp3) is 0.238. The second-order valence-corrected chi connectivity index (χ2v) is 6.37. The highest BCUT2D eigenvalue weighted by Gasteiger charge is 2.20. The van der Waals surface area contributed by atoms with Crippen molar-refractivity contribution in [1.29, 1.82) is 0 Å². The van der Waals surface area contributed by atoms with Gasteiger partial charge in [-0.2, -0.15) is 5.10 Å². The number of nitrogens with zero attached hydrogens (tertiary/aromatic N) is 2. The number of carbonyl (C=O) groups excluding carboxylic acids is 1. The van der Waals surface area contributed by atoms with Gasteiger partial charge in [0.25, 0.3) is 5.91 Å². The molecule has 1 aliphatic heterocycles. The second kappa shape index (κ2) is 7.54. The van der Waals surface area contributed by atoms with E-state index in [-0.39, 0.29) is 12.0 Å². The summed E-state index contributed by atoms with van der Waals surface area (Å²) in [6.45, 7) is 1.31. The number of nitrogens with one attached hydrogen (secondary N) is 1. The normalized spacial score (nSPS) is 16.5. The van der Waals surface area contributed by atoms with Crippen LogP contribution in [0.3, 0.4) is 0 Å². The predicted octanol–water partition coefficient (Wildman–Crippen LogP) is 3.45. The fourth-order valence-electron chi connectivity index (χ4n) is 3.16. The molecule has 1 saturated heterocycles. The molecule has 132 valence electrons. The molecule has 1 aromatic heterocycles. The van der Waals surface area contributed by atoms with E-state index in [2.05, 4.69) is 10.4 Å². The maximum atomic E-state index is 12.8. The molecule has 0 radical (unpaired) electrons. The molecule has 0 spiro atoms. The Morgan fingerprint density at radius 1 is 1.12 bits per heavy atom. The Morgan fingerprint density at radius 2 is 1.85 bits per heavy atom. The molecule has 1 atom stereocenters. The molecule has 5 nitrogen and oxygen atoms in total. The first kappa shape index (κ1) is 16.5. The molecule has 4 rings (SSSR count). The Morgan fingerprint density at radius 3 is 2.54 bits per heavy atom. The van der Waals surface area contributed by atoms with E-state index in [1.807, 2.05) is 66.7 Å². The van der Waals surface area contributed by atoms with Crippen LogP contribution in [-0.4, -0.2) is 34.9 Å². The molecular formula is C21H21N3O2. The summed E-state index contributed by atoms with van der Waals surface area (Å²) in [4.78, 5) is 12.8. The lowest BCUT2D eigenvalue weighted by molar-refractivity contribution is 0.0851. The molecule has 1 N–H and O–H groups in total. The standard InChI is InChI=1S/C21H21N3O2/c25-21(22-15-18-12-7-13-26-18)20-14-19(16-8-3-1-4-9-16)23-24(20)17-10-5-2-6-11-17/h1-6,8-11,14,18H,7,12-13,15H2,(H,22,25)/t18-/m1/s1. The maximum Gasteiger partial charge on any atom is 0.270 e. The van der Waals surface area contributed by atoms with Crippen molar-refractivity contribution in [3.8, 4) is 16.9 Å². The van der Waals surface area contributed by atoms with Gasteiger partial charge in [-0.3, -0.25) is 4.79 Å². The molecule has 0 saturated carbocycles. The van der Waals surface area contributed by atoms with Crippen molar-refractivity contribution < 1.29 is 9.53 Å². The minimum atomic E-state index is -0.140. The molecule has 2 heterocycles. The van der Waals surface area contributed by atoms with Gasteiger partial charge in [0, 0.05) is 18.7 Å². The topological polar surface area (TPSA) is 56.1 Å². The lowest BCUT2D eigenvalue weighted by Gasteiger charge is -2.11. The molecule has 3 aromatic rings. The average Bonchev–Trinajstić information content (AvgIpc) is 3.37. The maximum absolute atomic E-state index is 12.8. The van der Waals surface area contributed by atoms with Crippen LogP contribution >= 0.6 is 0 Å². The zero-order valence-corrected chi connectivity index (χ0v) is 14.5.